The molecule has 0 aliphatic carbocycles. The number of thiophene rings is 1. The minimum Gasteiger partial charge on any atom is -0.351 e. The topological polar surface area (TPSA) is 79.0 Å². The summed E-state index contributed by atoms with van der Waals surface area (Å²) in [5.74, 6) is 0. The average Bonchev–Trinajstić information content (AvgIpc) is 3.33. The van der Waals surface area contributed by atoms with Gasteiger partial charge in [0, 0.05) is 12.4 Å². The van der Waals surface area contributed by atoms with Crippen LogP contribution in [-0.4, -0.2) is 30.6 Å². The van der Waals surface area contributed by atoms with Crippen molar-refractivity contribution in [3.8, 4) is 10.7 Å². The van der Waals surface area contributed by atoms with Crippen LogP contribution in [0.2, 0.25) is 0 Å². The summed E-state index contributed by atoms with van der Waals surface area (Å²) in [5, 5.41) is 11.3. The largest absolute Gasteiger partial charge is 0.351 e. The zero-order chi connectivity index (χ0) is 16.7. The van der Waals surface area contributed by atoms with Crippen molar-refractivity contribution in [2.75, 3.05) is 11.4 Å². The number of fused-ring (bicyclic) bond motifs is 1. The fourth-order valence-electron chi connectivity index (χ4n) is 2.48. The van der Waals surface area contributed by atoms with Gasteiger partial charge in [-0.15, -0.1) is 21.5 Å². The number of aromatic amines is 1. The molecule has 1 N–H and O–H groups in total. The van der Waals surface area contributed by atoms with E-state index in [1.165, 1.54) is 27.0 Å². The van der Waals surface area contributed by atoms with Gasteiger partial charge in [0.1, 0.15) is 9.72 Å². The van der Waals surface area contributed by atoms with Crippen LogP contribution < -0.4 is 4.31 Å². The Morgan fingerprint density at radius 1 is 1.17 bits per heavy atom. The minimum atomic E-state index is -3.58. The van der Waals surface area contributed by atoms with Crippen LogP contribution in [0.3, 0.4) is 0 Å². The molecular weight excluding hydrogens is 364 g/mol. The second kappa shape index (κ2) is 5.69. The Balaban J connectivity index is 1.85. The number of hydrogen-bond acceptors (Lipinski definition) is 6. The molecule has 0 saturated heterocycles. The highest BCUT2D eigenvalue weighted by atomic mass is 32.2. The molecule has 122 valence electrons. The summed E-state index contributed by atoms with van der Waals surface area (Å²) >= 11 is 2.63. The van der Waals surface area contributed by atoms with E-state index in [0.717, 1.165) is 21.6 Å². The normalized spacial score (nSPS) is 11.9. The molecule has 3 heterocycles. The van der Waals surface area contributed by atoms with E-state index in [1.54, 1.807) is 36.1 Å². The van der Waals surface area contributed by atoms with Gasteiger partial charge in [0.15, 0.2) is 5.01 Å². The van der Waals surface area contributed by atoms with E-state index in [-0.39, 0.29) is 0 Å². The fraction of sp³-hybridized carbons (Fsp3) is 0.0667. The molecule has 0 fully saturated rings. The Hall–Kier alpha value is -2.23. The molecule has 0 atom stereocenters. The predicted octanol–water partition coefficient (Wildman–Crippen LogP) is 3.57. The molecule has 4 aromatic rings. The minimum absolute atomic E-state index is 0.318. The van der Waals surface area contributed by atoms with E-state index >= 15 is 0 Å². The Morgan fingerprint density at radius 2 is 2.04 bits per heavy atom. The average molecular weight is 376 g/mol. The Morgan fingerprint density at radius 3 is 2.75 bits per heavy atom. The highest BCUT2D eigenvalue weighted by Crippen LogP contribution is 2.33. The van der Waals surface area contributed by atoms with Gasteiger partial charge in [-0.1, -0.05) is 29.5 Å². The van der Waals surface area contributed by atoms with Crippen molar-refractivity contribution in [1.29, 1.82) is 0 Å². The zero-order valence-electron chi connectivity index (χ0n) is 12.5. The van der Waals surface area contributed by atoms with Crippen LogP contribution in [-0.2, 0) is 10.0 Å². The summed E-state index contributed by atoms with van der Waals surface area (Å²) in [6.07, 6.45) is 0. The van der Waals surface area contributed by atoms with E-state index in [1.807, 2.05) is 18.2 Å². The van der Waals surface area contributed by atoms with E-state index in [9.17, 15) is 8.42 Å². The van der Waals surface area contributed by atoms with E-state index in [4.69, 9.17) is 0 Å². The molecule has 1 aromatic carbocycles. The Kier molecular flexibility index (Phi) is 3.63. The third-order valence-corrected chi connectivity index (χ3v) is 7.54. The number of hydrogen-bond donors (Lipinski definition) is 1. The molecule has 0 unspecified atom stereocenters. The van der Waals surface area contributed by atoms with Crippen molar-refractivity contribution in [1.82, 2.24) is 15.2 Å². The molecule has 9 heteroatoms. The maximum Gasteiger partial charge on any atom is 0.273 e. The molecule has 6 nitrogen and oxygen atoms in total. The van der Waals surface area contributed by atoms with Crippen LogP contribution in [0.25, 0.3) is 21.6 Å². The van der Waals surface area contributed by atoms with E-state index in [0.29, 0.717) is 9.90 Å². The summed E-state index contributed by atoms with van der Waals surface area (Å²) in [7, 11) is -2.01. The van der Waals surface area contributed by atoms with Crippen molar-refractivity contribution in [3.05, 3.63) is 47.3 Å². The molecule has 0 radical (unpaired) electrons. The molecule has 0 aliphatic rings. The number of rotatable bonds is 4. The summed E-state index contributed by atoms with van der Waals surface area (Å²) < 4.78 is 27.2. The first-order valence-electron chi connectivity index (χ1n) is 6.98. The molecule has 0 amide bonds. The Bertz CT molecular complexity index is 1080. The summed E-state index contributed by atoms with van der Waals surface area (Å²) in [4.78, 5) is 3.27. The van der Waals surface area contributed by atoms with Crippen molar-refractivity contribution < 1.29 is 8.42 Å². The lowest BCUT2D eigenvalue weighted by atomic mass is 10.2. The van der Waals surface area contributed by atoms with Gasteiger partial charge >= 0.3 is 0 Å². The van der Waals surface area contributed by atoms with Crippen LogP contribution in [0.5, 0.6) is 0 Å². The van der Waals surface area contributed by atoms with Crippen molar-refractivity contribution in [2.45, 2.75) is 4.21 Å². The smallest absolute Gasteiger partial charge is 0.273 e. The first-order valence-corrected chi connectivity index (χ1v) is 10.2. The van der Waals surface area contributed by atoms with Gasteiger partial charge in [-0.2, -0.15) is 0 Å². The fourth-order valence-corrected chi connectivity index (χ4v) is 5.38. The van der Waals surface area contributed by atoms with Crippen molar-refractivity contribution >= 4 is 49.3 Å². The van der Waals surface area contributed by atoms with Gasteiger partial charge in [0.05, 0.1) is 16.9 Å². The van der Waals surface area contributed by atoms with Gasteiger partial charge in [0.2, 0.25) is 0 Å². The van der Waals surface area contributed by atoms with Crippen LogP contribution in [0.4, 0.5) is 5.69 Å². The number of benzene rings is 1. The first-order chi connectivity index (χ1) is 11.6. The number of sulfonamides is 1. The number of anilines is 1. The van der Waals surface area contributed by atoms with E-state index < -0.39 is 10.0 Å². The number of para-hydroxylation sites is 1. The van der Waals surface area contributed by atoms with Crippen molar-refractivity contribution in [3.63, 3.8) is 0 Å². The quantitative estimate of drug-likeness (QED) is 0.590. The van der Waals surface area contributed by atoms with Gasteiger partial charge < -0.3 is 4.98 Å². The molecular formula is C15H12N4O2S3. The number of nitrogens with one attached hydrogen (secondary N) is 1. The molecule has 0 saturated carbocycles. The maximum atomic E-state index is 12.8. The summed E-state index contributed by atoms with van der Waals surface area (Å²) in [6, 6.07) is 10.9. The second-order valence-electron chi connectivity index (χ2n) is 5.07. The molecule has 3 aromatic heterocycles. The standard InChI is InChI=1S/C15H12N4O2S3/c1-19(24(20,21)13-6-3-7-22-13)12-5-2-4-10-8-11(17-14(10)12)15-18-16-9-23-15/h2-9,17H,1H3. The first kappa shape index (κ1) is 15.3. The third kappa shape index (κ3) is 2.41. The van der Waals surface area contributed by atoms with E-state index in [2.05, 4.69) is 15.2 Å². The number of H-pyrrole nitrogens is 1. The third-order valence-electron chi connectivity index (χ3n) is 3.67. The number of aromatic nitrogens is 3. The zero-order valence-corrected chi connectivity index (χ0v) is 15.0. The lowest BCUT2D eigenvalue weighted by molar-refractivity contribution is 0.596. The monoisotopic (exact) mass is 376 g/mol. The van der Waals surface area contributed by atoms with Crippen molar-refractivity contribution in [2.24, 2.45) is 0 Å². The SMILES string of the molecule is CN(c1cccc2cc(-c3nncs3)[nH]c12)S(=O)(=O)c1cccs1. The predicted molar refractivity (Wildman–Crippen MR) is 97.1 cm³/mol. The maximum absolute atomic E-state index is 12.8. The van der Waals surface area contributed by atoms with Gasteiger partial charge in [-0.05, 0) is 23.6 Å². The molecule has 0 spiro atoms. The lowest BCUT2D eigenvalue weighted by Gasteiger charge is -2.19. The molecule has 0 aliphatic heterocycles. The lowest BCUT2D eigenvalue weighted by Crippen LogP contribution is -2.26. The Labute approximate surface area is 146 Å². The molecule has 24 heavy (non-hydrogen) atoms. The molecule has 4 rings (SSSR count). The van der Waals surface area contributed by atoms with Crippen LogP contribution in [0.1, 0.15) is 0 Å². The van der Waals surface area contributed by atoms with Gasteiger partial charge in [-0.3, -0.25) is 4.31 Å². The highest BCUT2D eigenvalue weighted by molar-refractivity contribution is 7.94. The van der Waals surface area contributed by atoms with Crippen LogP contribution in [0.15, 0.2) is 51.5 Å². The van der Waals surface area contributed by atoms with Gasteiger partial charge in [-0.25, -0.2) is 8.42 Å². The van der Waals surface area contributed by atoms with Crippen LogP contribution in [0, 0.1) is 0 Å². The number of nitrogens with zero attached hydrogens (tertiary/aromatic N) is 3. The molecule has 0 bridgehead atoms. The summed E-state index contributed by atoms with van der Waals surface area (Å²) in [6.45, 7) is 0. The highest BCUT2D eigenvalue weighted by Gasteiger charge is 2.24. The van der Waals surface area contributed by atoms with Gasteiger partial charge in [0.25, 0.3) is 10.0 Å². The summed E-state index contributed by atoms with van der Waals surface area (Å²) in [5.41, 5.74) is 3.83. The second-order valence-corrected chi connectivity index (χ2v) is 9.05. The van der Waals surface area contributed by atoms with Crippen LogP contribution >= 0.6 is 22.7 Å².